The van der Waals surface area contributed by atoms with E-state index in [1.165, 1.54) is 0 Å². The molecular formula is C17H14N2O3. The normalized spacial score (nSPS) is 10.5. The molecule has 5 nitrogen and oxygen atoms in total. The van der Waals surface area contributed by atoms with Gasteiger partial charge in [-0.15, -0.1) is 0 Å². The highest BCUT2D eigenvalue weighted by atomic mass is 16.4. The summed E-state index contributed by atoms with van der Waals surface area (Å²) in [6.07, 6.45) is -0.130. The zero-order valence-corrected chi connectivity index (χ0v) is 11.7. The van der Waals surface area contributed by atoms with E-state index >= 15 is 0 Å². The number of carboxylic acids is 1. The van der Waals surface area contributed by atoms with Crippen molar-refractivity contribution in [2.24, 2.45) is 0 Å². The number of aromatic nitrogens is 1. The van der Waals surface area contributed by atoms with Gasteiger partial charge in [0, 0.05) is 16.8 Å². The van der Waals surface area contributed by atoms with Gasteiger partial charge in [-0.2, -0.15) is 0 Å². The van der Waals surface area contributed by atoms with Crippen molar-refractivity contribution in [1.29, 1.82) is 0 Å². The van der Waals surface area contributed by atoms with E-state index in [2.05, 4.69) is 10.3 Å². The Morgan fingerprint density at radius 2 is 1.82 bits per heavy atom. The quantitative estimate of drug-likeness (QED) is 0.643. The fourth-order valence-corrected chi connectivity index (χ4v) is 2.28. The molecule has 3 rings (SSSR count). The lowest BCUT2D eigenvalue weighted by Gasteiger charge is -2.11. The molecule has 1 heterocycles. The Hall–Kier alpha value is -3.08. The van der Waals surface area contributed by atoms with Crippen LogP contribution < -0.4 is 5.32 Å². The van der Waals surface area contributed by atoms with Gasteiger partial charge in [-0.3, -0.25) is 9.78 Å². The second kappa shape index (κ2) is 5.73. The van der Waals surface area contributed by atoms with Crippen LogP contribution in [0.3, 0.4) is 0 Å². The molecule has 1 aromatic heterocycles. The zero-order chi connectivity index (χ0) is 15.5. The number of pyridine rings is 1. The first-order valence-corrected chi connectivity index (χ1v) is 6.78. The molecule has 0 radical (unpaired) electrons. The average Bonchev–Trinajstić information content (AvgIpc) is 2.49. The predicted molar refractivity (Wildman–Crippen MR) is 84.5 cm³/mol. The molecule has 110 valence electrons. The Morgan fingerprint density at radius 3 is 2.55 bits per heavy atom. The number of carboxylic acid groups (broad SMARTS) is 1. The van der Waals surface area contributed by atoms with E-state index < -0.39 is 5.97 Å². The van der Waals surface area contributed by atoms with E-state index in [1.807, 2.05) is 24.3 Å². The van der Waals surface area contributed by atoms with Crippen molar-refractivity contribution in [1.82, 2.24) is 4.98 Å². The van der Waals surface area contributed by atoms with Crippen LogP contribution in [0.5, 0.6) is 5.75 Å². The number of aromatic hydroxyl groups is 1. The van der Waals surface area contributed by atoms with Crippen LogP contribution in [-0.2, 0) is 11.2 Å². The molecule has 0 saturated carbocycles. The molecule has 2 aromatic carbocycles. The SMILES string of the molecule is O=C(O)Cc1cc(Nc2ccc(O)cc2)c2ccccc2n1. The van der Waals surface area contributed by atoms with E-state index in [0.717, 1.165) is 22.3 Å². The van der Waals surface area contributed by atoms with Crippen LogP contribution >= 0.6 is 0 Å². The van der Waals surface area contributed by atoms with Gasteiger partial charge < -0.3 is 15.5 Å². The summed E-state index contributed by atoms with van der Waals surface area (Å²) in [7, 11) is 0. The largest absolute Gasteiger partial charge is 0.508 e. The minimum Gasteiger partial charge on any atom is -0.508 e. The Kier molecular flexibility index (Phi) is 3.62. The molecule has 0 bridgehead atoms. The molecule has 22 heavy (non-hydrogen) atoms. The lowest BCUT2D eigenvalue weighted by molar-refractivity contribution is -0.136. The van der Waals surface area contributed by atoms with Gasteiger partial charge in [0.15, 0.2) is 0 Å². The summed E-state index contributed by atoms with van der Waals surface area (Å²) in [5.41, 5.74) is 2.82. The number of rotatable bonds is 4. The van der Waals surface area contributed by atoms with Crippen LogP contribution in [0.25, 0.3) is 10.9 Å². The van der Waals surface area contributed by atoms with Gasteiger partial charge in [0.2, 0.25) is 0 Å². The third kappa shape index (κ3) is 2.98. The fraction of sp³-hybridized carbons (Fsp3) is 0.0588. The monoisotopic (exact) mass is 294 g/mol. The molecule has 0 atom stereocenters. The zero-order valence-electron chi connectivity index (χ0n) is 11.7. The second-order valence-corrected chi connectivity index (χ2v) is 4.92. The summed E-state index contributed by atoms with van der Waals surface area (Å²) in [4.78, 5) is 15.3. The number of carbonyl (C=O) groups is 1. The molecule has 0 aliphatic carbocycles. The molecule has 0 unspecified atom stereocenters. The van der Waals surface area contributed by atoms with Gasteiger partial charge >= 0.3 is 5.97 Å². The van der Waals surface area contributed by atoms with E-state index in [9.17, 15) is 9.90 Å². The number of hydrogen-bond donors (Lipinski definition) is 3. The molecule has 0 fully saturated rings. The van der Waals surface area contributed by atoms with Gasteiger partial charge in [0.25, 0.3) is 0 Å². The Morgan fingerprint density at radius 1 is 1.09 bits per heavy atom. The maximum absolute atomic E-state index is 10.9. The average molecular weight is 294 g/mol. The van der Waals surface area contributed by atoms with Crippen molar-refractivity contribution >= 4 is 28.2 Å². The first kappa shape index (κ1) is 13.9. The van der Waals surface area contributed by atoms with E-state index in [-0.39, 0.29) is 12.2 Å². The van der Waals surface area contributed by atoms with Crippen LogP contribution in [0.1, 0.15) is 5.69 Å². The molecule has 0 aliphatic rings. The van der Waals surface area contributed by atoms with Gasteiger partial charge in [0.1, 0.15) is 5.75 Å². The second-order valence-electron chi connectivity index (χ2n) is 4.92. The number of benzene rings is 2. The lowest BCUT2D eigenvalue weighted by atomic mass is 10.1. The number of nitrogens with one attached hydrogen (secondary N) is 1. The first-order valence-electron chi connectivity index (χ1n) is 6.78. The smallest absolute Gasteiger partial charge is 0.309 e. The number of phenols is 1. The maximum atomic E-state index is 10.9. The lowest BCUT2D eigenvalue weighted by Crippen LogP contribution is -2.04. The van der Waals surface area contributed by atoms with Crippen molar-refractivity contribution in [3.8, 4) is 5.75 Å². The summed E-state index contributed by atoms with van der Waals surface area (Å²) in [5, 5.41) is 22.4. The number of nitrogens with zero attached hydrogens (tertiary/aromatic N) is 1. The summed E-state index contributed by atoms with van der Waals surface area (Å²) in [6.45, 7) is 0. The number of phenolic OH excluding ortho intramolecular Hbond substituents is 1. The van der Waals surface area contributed by atoms with E-state index in [1.54, 1.807) is 30.3 Å². The standard InChI is InChI=1S/C17H14N2O3/c20-13-7-5-11(6-8-13)18-16-9-12(10-17(21)22)19-15-4-2-1-3-14(15)16/h1-9,20H,10H2,(H,18,19)(H,21,22). The van der Waals surface area contributed by atoms with Crippen LogP contribution in [0.2, 0.25) is 0 Å². The van der Waals surface area contributed by atoms with Crippen molar-refractivity contribution in [3.05, 3.63) is 60.3 Å². The molecule has 0 saturated heterocycles. The third-order valence-corrected chi connectivity index (χ3v) is 3.25. The summed E-state index contributed by atoms with van der Waals surface area (Å²) in [5.74, 6) is -0.727. The highest BCUT2D eigenvalue weighted by Gasteiger charge is 2.09. The molecule has 5 heteroatoms. The van der Waals surface area contributed by atoms with Crippen LogP contribution in [0.4, 0.5) is 11.4 Å². The Balaban J connectivity index is 2.05. The van der Waals surface area contributed by atoms with E-state index in [0.29, 0.717) is 5.69 Å². The van der Waals surface area contributed by atoms with Crippen LogP contribution in [0.15, 0.2) is 54.6 Å². The Labute approximate surface area is 126 Å². The minimum atomic E-state index is -0.918. The molecule has 0 amide bonds. The number of anilines is 2. The fourth-order valence-electron chi connectivity index (χ4n) is 2.28. The summed E-state index contributed by atoms with van der Waals surface area (Å²) < 4.78 is 0. The Bertz CT molecular complexity index is 829. The maximum Gasteiger partial charge on any atom is 0.309 e. The first-order chi connectivity index (χ1) is 10.6. The number of para-hydroxylation sites is 1. The van der Waals surface area contributed by atoms with Crippen molar-refractivity contribution in [3.63, 3.8) is 0 Å². The molecule has 0 spiro atoms. The van der Waals surface area contributed by atoms with Crippen molar-refractivity contribution in [2.75, 3.05) is 5.32 Å². The number of fused-ring (bicyclic) bond motifs is 1. The molecule has 3 aromatic rings. The summed E-state index contributed by atoms with van der Waals surface area (Å²) in [6, 6.07) is 16.0. The third-order valence-electron chi connectivity index (χ3n) is 3.25. The van der Waals surface area contributed by atoms with Crippen molar-refractivity contribution < 1.29 is 15.0 Å². The van der Waals surface area contributed by atoms with Gasteiger partial charge in [-0.1, -0.05) is 18.2 Å². The number of hydrogen-bond acceptors (Lipinski definition) is 4. The highest BCUT2D eigenvalue weighted by Crippen LogP contribution is 2.27. The predicted octanol–water partition coefficient (Wildman–Crippen LogP) is 3.31. The van der Waals surface area contributed by atoms with Crippen LogP contribution in [-0.4, -0.2) is 21.2 Å². The summed E-state index contributed by atoms with van der Waals surface area (Å²) >= 11 is 0. The van der Waals surface area contributed by atoms with E-state index in [4.69, 9.17) is 5.11 Å². The molecule has 0 aliphatic heterocycles. The minimum absolute atomic E-state index is 0.130. The van der Waals surface area contributed by atoms with Crippen molar-refractivity contribution in [2.45, 2.75) is 6.42 Å². The van der Waals surface area contributed by atoms with Gasteiger partial charge in [0.05, 0.1) is 17.6 Å². The number of aliphatic carboxylic acids is 1. The van der Waals surface area contributed by atoms with Gasteiger partial charge in [-0.25, -0.2) is 0 Å². The van der Waals surface area contributed by atoms with Gasteiger partial charge in [-0.05, 0) is 36.4 Å². The van der Waals surface area contributed by atoms with Crippen LogP contribution in [0, 0.1) is 0 Å². The topological polar surface area (TPSA) is 82.5 Å². The molecular weight excluding hydrogens is 280 g/mol. The highest BCUT2D eigenvalue weighted by molar-refractivity contribution is 5.93. The molecule has 3 N–H and O–H groups in total.